The number of H-pyrrole nitrogens is 1. The van der Waals surface area contributed by atoms with Gasteiger partial charge in [-0.1, -0.05) is 0 Å². The number of piperidine rings is 2. The molecule has 6 rings (SSSR count). The summed E-state index contributed by atoms with van der Waals surface area (Å²) in [6, 6.07) is -1.48. The van der Waals surface area contributed by atoms with Gasteiger partial charge in [-0.25, -0.2) is 26.0 Å². The van der Waals surface area contributed by atoms with Gasteiger partial charge in [-0.3, -0.25) is 14.4 Å². The average molecular weight is 603 g/mol. The summed E-state index contributed by atoms with van der Waals surface area (Å²) < 4.78 is 96.6. The molecule has 3 saturated heterocycles. The van der Waals surface area contributed by atoms with Crippen molar-refractivity contribution < 1.29 is 44.8 Å². The monoisotopic (exact) mass is 602 g/mol. The molecule has 0 spiro atoms. The van der Waals surface area contributed by atoms with Crippen LogP contribution in [0.1, 0.15) is 42.6 Å². The highest BCUT2D eigenvalue weighted by Gasteiger charge is 2.60. The predicted octanol–water partition coefficient (Wildman–Crippen LogP) is 2.94. The molecule has 0 radical (unpaired) electrons. The lowest BCUT2D eigenvalue weighted by Gasteiger charge is -2.53. The van der Waals surface area contributed by atoms with E-state index in [9.17, 15) is 36.0 Å². The van der Waals surface area contributed by atoms with Crippen LogP contribution in [0.4, 0.5) is 22.0 Å². The van der Waals surface area contributed by atoms with Gasteiger partial charge in [0.2, 0.25) is 26.8 Å². The van der Waals surface area contributed by atoms with E-state index in [0.717, 1.165) is 23.1 Å². The van der Waals surface area contributed by atoms with Gasteiger partial charge in [0.25, 0.3) is 11.8 Å². The number of fused-ring (bicyclic) bond motifs is 4. The Kier molecular flexibility index (Phi) is 7.37. The molecule has 3 aliphatic heterocycles. The molecule has 1 aromatic carbocycles. The normalized spacial score (nSPS) is 26.7. The largest absolute Gasteiger partial charge is 0.356 e. The van der Waals surface area contributed by atoms with E-state index in [4.69, 9.17) is 0 Å². The van der Waals surface area contributed by atoms with Crippen LogP contribution in [0.2, 0.25) is 0 Å². The molecule has 3 N–H and O–H groups in total. The number of alkyl halides is 2. The van der Waals surface area contributed by atoms with Crippen LogP contribution in [-0.2, 0) is 19.4 Å². The van der Waals surface area contributed by atoms with Gasteiger partial charge < -0.3 is 20.5 Å². The van der Waals surface area contributed by atoms with Gasteiger partial charge in [-0.05, 0) is 50.0 Å². The van der Waals surface area contributed by atoms with E-state index in [0.29, 0.717) is 25.3 Å². The summed E-state index contributed by atoms with van der Waals surface area (Å²) in [6.07, 6.45) is 0.618. The zero-order valence-electron chi connectivity index (χ0n) is 21.7. The van der Waals surface area contributed by atoms with Crippen molar-refractivity contribution in [2.75, 3.05) is 12.8 Å². The SMILES string of the molecule is CS(=O)(=O)/C(F)=C\[C@@H](C[C@H]1CCNC1=O)NC(=O)[C@@H]1[C@H]2CC[C@H](CC2(F)F)N1C(=O)c1cc2c(F)ccc(F)c2[nH]1. The second-order valence-electron chi connectivity index (χ2n) is 10.8. The van der Waals surface area contributed by atoms with E-state index in [-0.39, 0.29) is 35.9 Å². The van der Waals surface area contributed by atoms with Crippen LogP contribution in [0.3, 0.4) is 0 Å². The number of halogens is 5. The molecular weight excluding hydrogens is 575 g/mol. The number of nitrogens with zero attached hydrogens (tertiary/aromatic N) is 1. The minimum Gasteiger partial charge on any atom is -0.356 e. The number of rotatable bonds is 7. The summed E-state index contributed by atoms with van der Waals surface area (Å²) in [6.45, 7) is 0.314. The van der Waals surface area contributed by atoms with Crippen molar-refractivity contribution >= 4 is 38.5 Å². The first kappa shape index (κ1) is 29.0. The Morgan fingerprint density at radius 3 is 2.51 bits per heavy atom. The van der Waals surface area contributed by atoms with E-state index >= 15 is 8.78 Å². The maximum Gasteiger partial charge on any atom is 0.271 e. The zero-order valence-corrected chi connectivity index (χ0v) is 22.5. The number of carbonyl (C=O) groups excluding carboxylic acids is 3. The van der Waals surface area contributed by atoms with E-state index in [1.807, 2.05) is 0 Å². The standard InChI is InChI=1S/C26H27F5N4O5S/c1-41(39,40)20(29)9-13(8-12-6-7-32-23(12)36)33-24(37)22-16-3-2-14(11-26(16,30)31)35(22)25(38)19-10-15-17(27)4-5-18(28)21(15)34-19/h4-5,9-10,12-14,16,22,34H,2-3,6-8,11H2,1H3,(H,32,36)(H,33,37)/b20-9-/t12-,13-,14-,16-,22+/m1/s1. The molecule has 1 saturated carbocycles. The molecular formula is C26H27F5N4O5S. The van der Waals surface area contributed by atoms with Gasteiger partial charge in [0.1, 0.15) is 23.4 Å². The number of hydrogen-bond acceptors (Lipinski definition) is 5. The smallest absolute Gasteiger partial charge is 0.271 e. The number of nitrogens with one attached hydrogen (secondary N) is 3. The van der Waals surface area contributed by atoms with Crippen LogP contribution >= 0.6 is 0 Å². The van der Waals surface area contributed by atoms with Crippen LogP contribution in [0.5, 0.6) is 0 Å². The van der Waals surface area contributed by atoms with Crippen LogP contribution in [-0.4, -0.2) is 72.9 Å². The molecule has 0 unspecified atom stereocenters. The second kappa shape index (κ2) is 10.4. The minimum atomic E-state index is -4.32. The van der Waals surface area contributed by atoms with Gasteiger partial charge in [-0.15, -0.1) is 0 Å². The van der Waals surface area contributed by atoms with Crippen molar-refractivity contribution in [3.63, 3.8) is 0 Å². The fourth-order valence-corrected chi connectivity index (χ4v) is 6.51. The Balaban J connectivity index is 1.49. The zero-order chi connectivity index (χ0) is 29.9. The molecule has 1 aliphatic carbocycles. The number of hydrogen-bond donors (Lipinski definition) is 3. The number of sulfone groups is 1. The van der Waals surface area contributed by atoms with Gasteiger partial charge in [-0.2, -0.15) is 4.39 Å². The van der Waals surface area contributed by atoms with Crippen molar-refractivity contribution in [3.05, 3.63) is 46.8 Å². The Morgan fingerprint density at radius 2 is 1.90 bits per heavy atom. The number of amides is 3. The Morgan fingerprint density at radius 1 is 1.20 bits per heavy atom. The van der Waals surface area contributed by atoms with Crippen LogP contribution < -0.4 is 10.6 Å². The number of benzene rings is 1. The molecule has 15 heteroatoms. The highest BCUT2D eigenvalue weighted by molar-refractivity contribution is 7.94. The quantitative estimate of drug-likeness (QED) is 0.420. The van der Waals surface area contributed by atoms with Crippen molar-refractivity contribution in [2.24, 2.45) is 11.8 Å². The van der Waals surface area contributed by atoms with Crippen LogP contribution in [0.25, 0.3) is 10.9 Å². The minimum absolute atomic E-state index is 0.112. The number of carbonyl (C=O) groups is 3. The first-order chi connectivity index (χ1) is 19.2. The Hall–Kier alpha value is -3.49. The van der Waals surface area contributed by atoms with Crippen LogP contribution in [0, 0.1) is 23.5 Å². The fourth-order valence-electron chi connectivity index (χ4n) is 6.10. The molecule has 9 nitrogen and oxygen atoms in total. The predicted molar refractivity (Wildman–Crippen MR) is 136 cm³/mol. The topological polar surface area (TPSA) is 128 Å². The Labute approximate surface area is 231 Å². The summed E-state index contributed by atoms with van der Waals surface area (Å²) in [4.78, 5) is 42.8. The summed E-state index contributed by atoms with van der Waals surface area (Å²) >= 11 is 0. The van der Waals surface area contributed by atoms with E-state index in [1.54, 1.807) is 0 Å². The molecule has 4 heterocycles. The van der Waals surface area contributed by atoms with Crippen molar-refractivity contribution in [3.8, 4) is 0 Å². The van der Waals surface area contributed by atoms with E-state index in [2.05, 4.69) is 15.6 Å². The lowest BCUT2D eigenvalue weighted by atomic mass is 9.71. The highest BCUT2D eigenvalue weighted by Crippen LogP contribution is 2.49. The number of aromatic amines is 1. The summed E-state index contributed by atoms with van der Waals surface area (Å²) in [7, 11) is -4.32. The number of aromatic nitrogens is 1. The lowest BCUT2D eigenvalue weighted by Crippen LogP contribution is -2.68. The van der Waals surface area contributed by atoms with Crippen molar-refractivity contribution in [2.45, 2.75) is 56.2 Å². The van der Waals surface area contributed by atoms with Gasteiger partial charge in [0.05, 0.1) is 17.5 Å². The molecule has 2 aromatic rings. The molecule has 2 bridgehead atoms. The molecule has 1 aromatic heterocycles. The maximum absolute atomic E-state index is 15.1. The Bertz CT molecular complexity index is 1520. The first-order valence-electron chi connectivity index (χ1n) is 13.0. The fraction of sp³-hybridized carbons (Fsp3) is 0.500. The van der Waals surface area contributed by atoms with E-state index < -0.39 is 86.7 Å². The maximum atomic E-state index is 15.1. The molecule has 41 heavy (non-hydrogen) atoms. The average Bonchev–Trinajstić information content (AvgIpc) is 3.52. The molecule has 4 aliphatic rings. The lowest BCUT2D eigenvalue weighted by molar-refractivity contribution is -0.179. The van der Waals surface area contributed by atoms with Gasteiger partial charge >= 0.3 is 0 Å². The third kappa shape index (κ3) is 5.43. The van der Waals surface area contributed by atoms with Gasteiger partial charge in [0, 0.05) is 36.6 Å². The molecule has 222 valence electrons. The first-order valence-corrected chi connectivity index (χ1v) is 14.9. The molecule has 5 atom stereocenters. The van der Waals surface area contributed by atoms with Crippen molar-refractivity contribution in [1.82, 2.24) is 20.5 Å². The summed E-state index contributed by atoms with van der Waals surface area (Å²) in [5.74, 6) is -9.77. The van der Waals surface area contributed by atoms with Crippen LogP contribution in [0.15, 0.2) is 29.4 Å². The third-order valence-electron chi connectivity index (χ3n) is 8.07. The molecule has 4 fully saturated rings. The third-order valence-corrected chi connectivity index (χ3v) is 8.92. The van der Waals surface area contributed by atoms with Crippen molar-refractivity contribution in [1.29, 1.82) is 0 Å². The highest BCUT2D eigenvalue weighted by atomic mass is 32.2. The van der Waals surface area contributed by atoms with E-state index in [1.165, 1.54) is 0 Å². The molecule has 3 amide bonds. The van der Waals surface area contributed by atoms with Gasteiger partial charge in [0.15, 0.2) is 0 Å². The summed E-state index contributed by atoms with van der Waals surface area (Å²) in [5, 5.41) is 3.14. The summed E-state index contributed by atoms with van der Waals surface area (Å²) in [5.41, 5.74) is -0.627. The second-order valence-corrected chi connectivity index (χ2v) is 12.8.